The summed E-state index contributed by atoms with van der Waals surface area (Å²) in [5, 5.41) is 0. The molecule has 3 heteroatoms. The molecule has 0 spiro atoms. The molecule has 140 valence electrons. The highest BCUT2D eigenvalue weighted by molar-refractivity contribution is 5.66. The second kappa shape index (κ2) is 9.41. The fourth-order valence-corrected chi connectivity index (χ4v) is 3.50. The third kappa shape index (κ3) is 4.80. The first kappa shape index (κ1) is 19.2. The summed E-state index contributed by atoms with van der Waals surface area (Å²) < 4.78 is 16.1. The number of hydrogen-bond donors (Lipinski definition) is 0. The van der Waals surface area contributed by atoms with E-state index >= 15 is 0 Å². The number of hydrogen-bond acceptors (Lipinski definition) is 3. The van der Waals surface area contributed by atoms with Gasteiger partial charge in [-0.1, -0.05) is 42.3 Å². The first-order chi connectivity index (χ1) is 13.2. The standard InChI is InChI=1S/C24H26O3/c1-4-19-6-5-7-20-12-13-21(24(19)20)11-8-18-9-14-22(15-10-18)27-17-16-23(25-2)26-3/h1,5-7,9-10,12-15,21,23H,8,11,16-17H2,2-3H3. The molecule has 0 saturated carbocycles. The molecule has 0 heterocycles. The van der Waals surface area contributed by atoms with Crippen LogP contribution < -0.4 is 4.74 Å². The lowest BCUT2D eigenvalue weighted by Crippen LogP contribution is -2.16. The van der Waals surface area contributed by atoms with Crippen molar-refractivity contribution < 1.29 is 14.2 Å². The van der Waals surface area contributed by atoms with Crippen molar-refractivity contribution in [1.29, 1.82) is 0 Å². The number of rotatable bonds is 9. The molecule has 1 aliphatic carbocycles. The van der Waals surface area contributed by atoms with E-state index in [0.29, 0.717) is 18.9 Å². The van der Waals surface area contributed by atoms with Crippen molar-refractivity contribution >= 4 is 6.08 Å². The molecule has 0 N–H and O–H groups in total. The quantitative estimate of drug-likeness (QED) is 0.474. The summed E-state index contributed by atoms with van der Waals surface area (Å²) in [7, 11) is 3.26. The molecular weight excluding hydrogens is 336 g/mol. The van der Waals surface area contributed by atoms with Crippen molar-refractivity contribution in [2.45, 2.75) is 31.5 Å². The highest BCUT2D eigenvalue weighted by atomic mass is 16.7. The Labute approximate surface area is 162 Å². The van der Waals surface area contributed by atoms with Gasteiger partial charge in [-0.05, 0) is 47.7 Å². The zero-order chi connectivity index (χ0) is 19.1. The largest absolute Gasteiger partial charge is 0.493 e. The molecule has 3 rings (SSSR count). The molecule has 0 aliphatic heterocycles. The smallest absolute Gasteiger partial charge is 0.160 e. The van der Waals surface area contributed by atoms with Crippen molar-refractivity contribution in [3.63, 3.8) is 0 Å². The summed E-state index contributed by atoms with van der Waals surface area (Å²) in [5.41, 5.74) is 4.86. The SMILES string of the molecule is C#Cc1cccc2c1C(CCc1ccc(OCCC(OC)OC)cc1)C=C2. The van der Waals surface area contributed by atoms with Crippen LogP contribution in [0.25, 0.3) is 6.08 Å². The van der Waals surface area contributed by atoms with Crippen molar-refractivity contribution in [1.82, 2.24) is 0 Å². The molecule has 3 nitrogen and oxygen atoms in total. The van der Waals surface area contributed by atoms with Gasteiger partial charge in [0.1, 0.15) is 5.75 Å². The molecule has 0 amide bonds. The minimum Gasteiger partial charge on any atom is -0.493 e. The van der Waals surface area contributed by atoms with E-state index < -0.39 is 0 Å². The van der Waals surface area contributed by atoms with Gasteiger partial charge in [0, 0.05) is 32.1 Å². The van der Waals surface area contributed by atoms with Crippen LogP contribution in [0, 0.1) is 12.3 Å². The van der Waals surface area contributed by atoms with Crippen LogP contribution in [0.15, 0.2) is 48.5 Å². The van der Waals surface area contributed by atoms with Crippen LogP contribution in [0.1, 0.15) is 41.0 Å². The number of ether oxygens (including phenoxy) is 3. The van der Waals surface area contributed by atoms with Crippen molar-refractivity contribution in [2.75, 3.05) is 20.8 Å². The van der Waals surface area contributed by atoms with Crippen molar-refractivity contribution in [3.8, 4) is 18.1 Å². The normalized spacial score (nSPS) is 15.0. The average Bonchev–Trinajstić information content (AvgIpc) is 3.14. The van der Waals surface area contributed by atoms with Crippen LogP contribution >= 0.6 is 0 Å². The Morgan fingerprint density at radius 3 is 2.56 bits per heavy atom. The van der Waals surface area contributed by atoms with E-state index in [4.69, 9.17) is 20.6 Å². The van der Waals surface area contributed by atoms with Gasteiger partial charge in [-0.25, -0.2) is 0 Å². The monoisotopic (exact) mass is 362 g/mol. The molecule has 27 heavy (non-hydrogen) atoms. The second-order valence-corrected chi connectivity index (χ2v) is 6.64. The predicted octanol–water partition coefficient (Wildman–Crippen LogP) is 4.80. The van der Waals surface area contributed by atoms with E-state index in [9.17, 15) is 0 Å². The van der Waals surface area contributed by atoms with E-state index in [1.807, 2.05) is 24.3 Å². The lowest BCUT2D eigenvalue weighted by atomic mass is 9.90. The zero-order valence-electron chi connectivity index (χ0n) is 16.0. The van der Waals surface area contributed by atoms with Gasteiger partial charge in [0.05, 0.1) is 6.61 Å². The highest BCUT2D eigenvalue weighted by Gasteiger charge is 2.19. The minimum atomic E-state index is -0.223. The van der Waals surface area contributed by atoms with Crippen LogP contribution in [0.3, 0.4) is 0 Å². The number of allylic oxidation sites excluding steroid dienone is 1. The first-order valence-electron chi connectivity index (χ1n) is 9.30. The van der Waals surface area contributed by atoms with Crippen LogP contribution in [0.5, 0.6) is 5.75 Å². The van der Waals surface area contributed by atoms with Crippen molar-refractivity contribution in [2.24, 2.45) is 0 Å². The zero-order valence-corrected chi connectivity index (χ0v) is 16.0. The van der Waals surface area contributed by atoms with Gasteiger partial charge < -0.3 is 14.2 Å². The third-order valence-corrected chi connectivity index (χ3v) is 4.99. The summed E-state index contributed by atoms with van der Waals surface area (Å²) in [6.45, 7) is 0.560. The van der Waals surface area contributed by atoms with Gasteiger partial charge >= 0.3 is 0 Å². The van der Waals surface area contributed by atoms with E-state index in [1.54, 1.807) is 14.2 Å². The van der Waals surface area contributed by atoms with E-state index in [2.05, 4.69) is 36.3 Å². The van der Waals surface area contributed by atoms with Crippen LogP contribution in [-0.2, 0) is 15.9 Å². The maximum atomic E-state index is 5.76. The molecule has 2 aromatic carbocycles. The predicted molar refractivity (Wildman–Crippen MR) is 109 cm³/mol. The molecule has 0 radical (unpaired) electrons. The Hall–Kier alpha value is -2.54. The fourth-order valence-electron chi connectivity index (χ4n) is 3.50. The summed E-state index contributed by atoms with van der Waals surface area (Å²) in [6, 6.07) is 14.5. The lowest BCUT2D eigenvalue weighted by Gasteiger charge is -2.14. The minimum absolute atomic E-state index is 0.223. The molecule has 0 aromatic heterocycles. The Kier molecular flexibility index (Phi) is 6.70. The van der Waals surface area contributed by atoms with Gasteiger partial charge in [-0.3, -0.25) is 0 Å². The van der Waals surface area contributed by atoms with Gasteiger partial charge in [-0.15, -0.1) is 6.42 Å². The van der Waals surface area contributed by atoms with Gasteiger partial charge in [0.2, 0.25) is 0 Å². The molecular formula is C24H26O3. The molecule has 1 atom stereocenters. The lowest BCUT2D eigenvalue weighted by molar-refractivity contribution is -0.110. The number of fused-ring (bicyclic) bond motifs is 1. The van der Waals surface area contributed by atoms with Crippen LogP contribution in [-0.4, -0.2) is 27.1 Å². The summed E-state index contributed by atoms with van der Waals surface area (Å²) in [6.07, 6.45) is 12.7. The second-order valence-electron chi connectivity index (χ2n) is 6.64. The maximum Gasteiger partial charge on any atom is 0.160 e. The van der Waals surface area contributed by atoms with Crippen molar-refractivity contribution in [3.05, 3.63) is 70.8 Å². The summed E-state index contributed by atoms with van der Waals surface area (Å²) in [5.74, 6) is 4.08. The summed E-state index contributed by atoms with van der Waals surface area (Å²) in [4.78, 5) is 0. The molecule has 0 bridgehead atoms. The summed E-state index contributed by atoms with van der Waals surface area (Å²) >= 11 is 0. The highest BCUT2D eigenvalue weighted by Crippen LogP contribution is 2.35. The number of aryl methyl sites for hydroxylation is 1. The van der Waals surface area contributed by atoms with Crippen LogP contribution in [0.2, 0.25) is 0 Å². The number of benzene rings is 2. The van der Waals surface area contributed by atoms with Gasteiger partial charge in [0.15, 0.2) is 6.29 Å². The van der Waals surface area contributed by atoms with Crippen LogP contribution in [0.4, 0.5) is 0 Å². The van der Waals surface area contributed by atoms with Gasteiger partial charge in [0.25, 0.3) is 0 Å². The van der Waals surface area contributed by atoms with E-state index in [1.165, 1.54) is 16.7 Å². The number of terminal acetylenes is 1. The maximum absolute atomic E-state index is 5.76. The molecule has 2 aromatic rings. The fraction of sp³-hybridized carbons (Fsp3) is 0.333. The molecule has 0 saturated heterocycles. The Bertz CT molecular complexity index is 811. The third-order valence-electron chi connectivity index (χ3n) is 4.99. The molecule has 0 fully saturated rings. The van der Waals surface area contributed by atoms with E-state index in [0.717, 1.165) is 24.2 Å². The molecule has 1 aliphatic rings. The topological polar surface area (TPSA) is 27.7 Å². The molecule has 1 unspecified atom stereocenters. The Morgan fingerprint density at radius 1 is 1.07 bits per heavy atom. The van der Waals surface area contributed by atoms with Gasteiger partial charge in [-0.2, -0.15) is 0 Å². The Balaban J connectivity index is 1.52. The number of methoxy groups -OCH3 is 2. The Morgan fingerprint density at radius 2 is 1.85 bits per heavy atom. The first-order valence-corrected chi connectivity index (χ1v) is 9.30. The van der Waals surface area contributed by atoms with E-state index in [-0.39, 0.29) is 6.29 Å². The average molecular weight is 362 g/mol.